The van der Waals surface area contributed by atoms with Crippen LogP contribution in [0.4, 0.5) is 0 Å². The first-order valence-electron chi connectivity index (χ1n) is 6.20. The highest BCUT2D eigenvalue weighted by Gasteiger charge is 2.14. The summed E-state index contributed by atoms with van der Waals surface area (Å²) in [4.78, 5) is 4.08. The minimum absolute atomic E-state index is 0.799. The number of aromatic nitrogens is 2. The van der Waals surface area contributed by atoms with Crippen LogP contribution >= 0.6 is 0 Å². The molecule has 0 amide bonds. The van der Waals surface area contributed by atoms with Crippen LogP contribution in [0.25, 0.3) is 5.69 Å². The zero-order chi connectivity index (χ0) is 11.5. The number of hydrogen-bond acceptors (Lipinski definition) is 2. The quantitative estimate of drug-likeness (QED) is 0.869. The SMILES string of the molecule is c1cc(CC2CCNC2)cc(-n2ccnc2)c1. The summed E-state index contributed by atoms with van der Waals surface area (Å²) in [5, 5.41) is 3.42. The number of rotatable bonds is 3. The molecule has 17 heavy (non-hydrogen) atoms. The molecule has 3 heteroatoms. The van der Waals surface area contributed by atoms with E-state index in [1.807, 2.05) is 18.7 Å². The second kappa shape index (κ2) is 4.72. The summed E-state index contributed by atoms with van der Waals surface area (Å²) in [5.74, 6) is 0.799. The van der Waals surface area contributed by atoms with Crippen LogP contribution in [0.15, 0.2) is 43.0 Å². The summed E-state index contributed by atoms with van der Waals surface area (Å²) >= 11 is 0. The summed E-state index contributed by atoms with van der Waals surface area (Å²) < 4.78 is 2.05. The molecule has 1 aliphatic heterocycles. The van der Waals surface area contributed by atoms with E-state index in [-0.39, 0.29) is 0 Å². The predicted octanol–water partition coefficient (Wildman–Crippen LogP) is 2.02. The highest BCUT2D eigenvalue weighted by atomic mass is 15.0. The maximum Gasteiger partial charge on any atom is 0.0991 e. The van der Waals surface area contributed by atoms with Crippen LogP contribution in [0.2, 0.25) is 0 Å². The van der Waals surface area contributed by atoms with Crippen molar-refractivity contribution in [2.24, 2.45) is 5.92 Å². The number of nitrogens with one attached hydrogen (secondary N) is 1. The molecule has 1 N–H and O–H groups in total. The monoisotopic (exact) mass is 227 g/mol. The Balaban J connectivity index is 1.79. The fourth-order valence-electron chi connectivity index (χ4n) is 2.48. The molecule has 3 nitrogen and oxygen atoms in total. The van der Waals surface area contributed by atoms with Crippen LogP contribution in [0.3, 0.4) is 0 Å². The van der Waals surface area contributed by atoms with E-state index in [1.54, 1.807) is 0 Å². The minimum atomic E-state index is 0.799. The third-order valence-electron chi connectivity index (χ3n) is 3.40. The average Bonchev–Trinajstić information content (AvgIpc) is 3.01. The molecule has 2 aromatic rings. The highest BCUT2D eigenvalue weighted by molar-refractivity contribution is 5.36. The Morgan fingerprint density at radius 1 is 1.41 bits per heavy atom. The average molecular weight is 227 g/mol. The molecule has 1 aromatic carbocycles. The largest absolute Gasteiger partial charge is 0.316 e. The predicted molar refractivity (Wildman–Crippen MR) is 68.2 cm³/mol. The van der Waals surface area contributed by atoms with Gasteiger partial charge in [-0.2, -0.15) is 0 Å². The Hall–Kier alpha value is -1.61. The molecule has 1 fully saturated rings. The second-order valence-corrected chi connectivity index (χ2v) is 4.70. The normalized spacial score (nSPS) is 19.6. The molecule has 2 heterocycles. The molecule has 1 aromatic heterocycles. The van der Waals surface area contributed by atoms with Crippen molar-refractivity contribution in [2.45, 2.75) is 12.8 Å². The van der Waals surface area contributed by atoms with E-state index >= 15 is 0 Å². The number of imidazole rings is 1. The van der Waals surface area contributed by atoms with Gasteiger partial charge in [-0.3, -0.25) is 0 Å². The fourth-order valence-corrected chi connectivity index (χ4v) is 2.48. The van der Waals surface area contributed by atoms with Crippen LogP contribution in [0.5, 0.6) is 0 Å². The Labute approximate surface area is 101 Å². The zero-order valence-electron chi connectivity index (χ0n) is 9.84. The lowest BCUT2D eigenvalue weighted by Crippen LogP contribution is -2.10. The van der Waals surface area contributed by atoms with Gasteiger partial charge < -0.3 is 9.88 Å². The Morgan fingerprint density at radius 2 is 2.41 bits per heavy atom. The van der Waals surface area contributed by atoms with Crippen LogP contribution in [0.1, 0.15) is 12.0 Å². The van der Waals surface area contributed by atoms with Crippen molar-refractivity contribution < 1.29 is 0 Å². The van der Waals surface area contributed by atoms with Crippen molar-refractivity contribution in [2.75, 3.05) is 13.1 Å². The van der Waals surface area contributed by atoms with Crippen LogP contribution in [-0.2, 0) is 6.42 Å². The van der Waals surface area contributed by atoms with Gasteiger partial charge in [0.1, 0.15) is 0 Å². The first-order valence-corrected chi connectivity index (χ1v) is 6.20. The van der Waals surface area contributed by atoms with E-state index in [9.17, 15) is 0 Å². The third kappa shape index (κ3) is 2.39. The number of benzene rings is 1. The van der Waals surface area contributed by atoms with Gasteiger partial charge in [0.2, 0.25) is 0 Å². The molecule has 1 unspecified atom stereocenters. The minimum Gasteiger partial charge on any atom is -0.316 e. The molecule has 1 atom stereocenters. The van der Waals surface area contributed by atoms with E-state index in [2.05, 4.69) is 39.1 Å². The lowest BCUT2D eigenvalue weighted by atomic mass is 9.98. The number of hydrogen-bond donors (Lipinski definition) is 1. The summed E-state index contributed by atoms with van der Waals surface area (Å²) in [5.41, 5.74) is 2.62. The summed E-state index contributed by atoms with van der Waals surface area (Å²) in [6.45, 7) is 2.33. The third-order valence-corrected chi connectivity index (χ3v) is 3.40. The van der Waals surface area contributed by atoms with Gasteiger partial charge in [-0.25, -0.2) is 4.98 Å². The van der Waals surface area contributed by atoms with E-state index in [1.165, 1.54) is 30.6 Å². The van der Waals surface area contributed by atoms with Gasteiger partial charge in [-0.15, -0.1) is 0 Å². The Morgan fingerprint density at radius 3 is 3.18 bits per heavy atom. The molecule has 3 rings (SSSR count). The summed E-state index contributed by atoms with van der Waals surface area (Å²) in [6.07, 6.45) is 8.12. The molecular weight excluding hydrogens is 210 g/mol. The van der Waals surface area contributed by atoms with Crippen LogP contribution in [0, 0.1) is 5.92 Å². The molecule has 1 saturated heterocycles. The molecule has 88 valence electrons. The second-order valence-electron chi connectivity index (χ2n) is 4.70. The van der Waals surface area contributed by atoms with Gasteiger partial charge in [0.15, 0.2) is 0 Å². The molecule has 1 aliphatic rings. The zero-order valence-corrected chi connectivity index (χ0v) is 9.84. The maximum absolute atomic E-state index is 4.08. The summed E-state index contributed by atoms with van der Waals surface area (Å²) in [6, 6.07) is 8.74. The van der Waals surface area contributed by atoms with Gasteiger partial charge in [-0.05, 0) is 49.5 Å². The van der Waals surface area contributed by atoms with E-state index in [0.717, 1.165) is 12.5 Å². The fraction of sp³-hybridized carbons (Fsp3) is 0.357. The van der Waals surface area contributed by atoms with Gasteiger partial charge in [-0.1, -0.05) is 12.1 Å². The van der Waals surface area contributed by atoms with E-state index in [4.69, 9.17) is 0 Å². The van der Waals surface area contributed by atoms with Crippen molar-refractivity contribution in [1.82, 2.24) is 14.9 Å². The Bertz CT molecular complexity index is 470. The first kappa shape index (κ1) is 10.5. The maximum atomic E-state index is 4.08. The topological polar surface area (TPSA) is 29.9 Å². The van der Waals surface area contributed by atoms with Crippen molar-refractivity contribution >= 4 is 0 Å². The molecule has 0 bridgehead atoms. The van der Waals surface area contributed by atoms with Crippen molar-refractivity contribution in [3.8, 4) is 5.69 Å². The number of nitrogens with zero attached hydrogens (tertiary/aromatic N) is 2. The standard InChI is InChI=1S/C14H17N3/c1-2-12(8-13-4-5-15-10-13)9-14(3-1)17-7-6-16-11-17/h1-3,6-7,9,11,13,15H,4-5,8,10H2. The highest BCUT2D eigenvalue weighted by Crippen LogP contribution is 2.17. The summed E-state index contributed by atoms with van der Waals surface area (Å²) in [7, 11) is 0. The van der Waals surface area contributed by atoms with Crippen LogP contribution < -0.4 is 5.32 Å². The molecule has 0 spiro atoms. The Kier molecular flexibility index (Phi) is 2.92. The first-order chi connectivity index (χ1) is 8.42. The van der Waals surface area contributed by atoms with Gasteiger partial charge in [0.25, 0.3) is 0 Å². The smallest absolute Gasteiger partial charge is 0.0991 e. The van der Waals surface area contributed by atoms with Crippen LogP contribution in [-0.4, -0.2) is 22.6 Å². The molecule has 0 radical (unpaired) electrons. The lowest BCUT2D eigenvalue weighted by Gasteiger charge is -2.10. The van der Waals surface area contributed by atoms with Gasteiger partial charge >= 0.3 is 0 Å². The molecular formula is C14H17N3. The lowest BCUT2D eigenvalue weighted by molar-refractivity contribution is 0.580. The van der Waals surface area contributed by atoms with Crippen molar-refractivity contribution in [1.29, 1.82) is 0 Å². The van der Waals surface area contributed by atoms with Gasteiger partial charge in [0, 0.05) is 18.1 Å². The van der Waals surface area contributed by atoms with E-state index < -0.39 is 0 Å². The van der Waals surface area contributed by atoms with Crippen molar-refractivity contribution in [3.63, 3.8) is 0 Å². The molecule has 0 saturated carbocycles. The molecule has 0 aliphatic carbocycles. The van der Waals surface area contributed by atoms with Crippen molar-refractivity contribution in [3.05, 3.63) is 48.5 Å². The van der Waals surface area contributed by atoms with E-state index in [0.29, 0.717) is 0 Å². The van der Waals surface area contributed by atoms with Gasteiger partial charge in [0.05, 0.1) is 6.33 Å².